The van der Waals surface area contributed by atoms with E-state index in [2.05, 4.69) is 10.6 Å². The van der Waals surface area contributed by atoms with E-state index in [0.717, 1.165) is 6.42 Å². The number of nitrogens with zero attached hydrogens (tertiary/aromatic N) is 1. The Bertz CT molecular complexity index is 290. The largest absolute Gasteiger partial charge is 0.347 e. The molecule has 3 amide bonds. The lowest BCUT2D eigenvalue weighted by Gasteiger charge is -2.17. The predicted molar refractivity (Wildman–Crippen MR) is 64.2 cm³/mol. The molecule has 0 aliphatic rings. The number of likely N-dealkylation sites (N-methyl/N-ethyl adjacent to an activating group) is 1. The van der Waals surface area contributed by atoms with E-state index in [9.17, 15) is 14.4 Å². The Labute approximate surface area is 102 Å². The molecule has 1 atom stereocenters. The summed E-state index contributed by atoms with van der Waals surface area (Å²) < 4.78 is 0. The third-order valence-electron chi connectivity index (χ3n) is 2.18. The molecular formula is C11H21N3O3. The summed E-state index contributed by atoms with van der Waals surface area (Å²) in [5.41, 5.74) is 0. The lowest BCUT2D eigenvalue weighted by molar-refractivity contribution is -0.132. The first-order valence-electron chi connectivity index (χ1n) is 5.63. The van der Waals surface area contributed by atoms with Crippen LogP contribution in [0.5, 0.6) is 0 Å². The van der Waals surface area contributed by atoms with Crippen molar-refractivity contribution in [2.24, 2.45) is 0 Å². The van der Waals surface area contributed by atoms with E-state index in [1.807, 2.05) is 6.92 Å². The zero-order valence-electron chi connectivity index (χ0n) is 10.9. The highest BCUT2D eigenvalue weighted by Gasteiger charge is 2.18. The van der Waals surface area contributed by atoms with E-state index in [-0.39, 0.29) is 24.3 Å². The van der Waals surface area contributed by atoms with Crippen LogP contribution in [0.3, 0.4) is 0 Å². The third kappa shape index (κ3) is 6.55. The fourth-order valence-corrected chi connectivity index (χ4v) is 1.25. The maximum atomic E-state index is 11.7. The molecule has 0 saturated heterocycles. The van der Waals surface area contributed by atoms with Gasteiger partial charge in [-0.3, -0.25) is 14.4 Å². The quantitative estimate of drug-likeness (QED) is 0.660. The van der Waals surface area contributed by atoms with Gasteiger partial charge >= 0.3 is 0 Å². The molecule has 0 saturated carbocycles. The van der Waals surface area contributed by atoms with Gasteiger partial charge in [0.25, 0.3) is 0 Å². The number of hydrogen-bond acceptors (Lipinski definition) is 3. The molecule has 17 heavy (non-hydrogen) atoms. The van der Waals surface area contributed by atoms with Gasteiger partial charge in [-0.05, 0) is 6.42 Å². The van der Waals surface area contributed by atoms with Gasteiger partial charge in [0.05, 0.1) is 6.54 Å². The second-order valence-corrected chi connectivity index (χ2v) is 4.05. The summed E-state index contributed by atoms with van der Waals surface area (Å²) in [5, 5.41) is 5.07. The molecule has 6 nitrogen and oxygen atoms in total. The molecule has 0 rings (SSSR count). The van der Waals surface area contributed by atoms with Crippen LogP contribution in [0, 0.1) is 0 Å². The SMILES string of the molecule is CCC[C@H](NC(C)=O)C(=O)NCC(=O)N(C)C. The molecule has 0 aromatic heterocycles. The van der Waals surface area contributed by atoms with Crippen LogP contribution in [0.2, 0.25) is 0 Å². The van der Waals surface area contributed by atoms with Crippen molar-refractivity contribution in [3.63, 3.8) is 0 Å². The van der Waals surface area contributed by atoms with Crippen molar-refractivity contribution in [1.29, 1.82) is 0 Å². The van der Waals surface area contributed by atoms with Crippen molar-refractivity contribution in [3.8, 4) is 0 Å². The predicted octanol–water partition coefficient (Wildman–Crippen LogP) is -0.504. The lowest BCUT2D eigenvalue weighted by Crippen LogP contribution is -2.48. The number of hydrogen-bond donors (Lipinski definition) is 2. The Kier molecular flexibility index (Phi) is 6.93. The maximum Gasteiger partial charge on any atom is 0.243 e. The van der Waals surface area contributed by atoms with E-state index in [0.29, 0.717) is 6.42 Å². The summed E-state index contributed by atoms with van der Waals surface area (Å²) in [6, 6.07) is -0.563. The van der Waals surface area contributed by atoms with Gasteiger partial charge in [0.15, 0.2) is 0 Å². The Hall–Kier alpha value is -1.59. The number of amides is 3. The number of nitrogens with one attached hydrogen (secondary N) is 2. The summed E-state index contributed by atoms with van der Waals surface area (Å²) in [6.07, 6.45) is 1.33. The molecule has 0 aromatic carbocycles. The smallest absolute Gasteiger partial charge is 0.243 e. The topological polar surface area (TPSA) is 78.5 Å². The molecule has 2 N–H and O–H groups in total. The average molecular weight is 243 g/mol. The normalized spacial score (nSPS) is 11.5. The molecule has 0 bridgehead atoms. The monoisotopic (exact) mass is 243 g/mol. The molecule has 6 heteroatoms. The zero-order chi connectivity index (χ0) is 13.4. The number of rotatable bonds is 6. The average Bonchev–Trinajstić information content (AvgIpc) is 2.23. The first-order chi connectivity index (χ1) is 7.88. The van der Waals surface area contributed by atoms with Crippen molar-refractivity contribution in [2.45, 2.75) is 32.7 Å². The summed E-state index contributed by atoms with van der Waals surface area (Å²) in [5.74, 6) is -0.758. The number of carbonyl (C=O) groups excluding carboxylic acids is 3. The second kappa shape index (κ2) is 7.65. The van der Waals surface area contributed by atoms with Crippen LogP contribution >= 0.6 is 0 Å². The van der Waals surface area contributed by atoms with Crippen LogP contribution in [-0.2, 0) is 14.4 Å². The standard InChI is InChI=1S/C11H21N3O3/c1-5-6-9(13-8(2)15)11(17)12-7-10(16)14(3)4/h9H,5-7H2,1-4H3,(H,12,17)(H,13,15)/t9-/m0/s1. The molecule has 0 heterocycles. The van der Waals surface area contributed by atoms with E-state index < -0.39 is 6.04 Å². The van der Waals surface area contributed by atoms with Crippen molar-refractivity contribution in [3.05, 3.63) is 0 Å². The zero-order valence-corrected chi connectivity index (χ0v) is 10.9. The van der Waals surface area contributed by atoms with Crippen molar-refractivity contribution in [2.75, 3.05) is 20.6 Å². The van der Waals surface area contributed by atoms with E-state index in [1.165, 1.54) is 11.8 Å². The molecule has 0 aliphatic carbocycles. The highest BCUT2D eigenvalue weighted by atomic mass is 16.2. The van der Waals surface area contributed by atoms with Crippen LogP contribution < -0.4 is 10.6 Å². The molecule has 98 valence electrons. The molecular weight excluding hydrogens is 222 g/mol. The van der Waals surface area contributed by atoms with Gasteiger partial charge in [-0.1, -0.05) is 13.3 Å². The Morgan fingerprint density at radius 2 is 1.82 bits per heavy atom. The Morgan fingerprint density at radius 1 is 1.24 bits per heavy atom. The molecule has 0 spiro atoms. The fourth-order valence-electron chi connectivity index (χ4n) is 1.25. The van der Waals surface area contributed by atoms with Crippen molar-refractivity contribution >= 4 is 17.7 Å². The maximum absolute atomic E-state index is 11.7. The summed E-state index contributed by atoms with van der Waals surface area (Å²) >= 11 is 0. The highest BCUT2D eigenvalue weighted by molar-refractivity contribution is 5.89. The van der Waals surface area contributed by atoms with Crippen molar-refractivity contribution < 1.29 is 14.4 Å². The minimum Gasteiger partial charge on any atom is -0.347 e. The van der Waals surface area contributed by atoms with Crippen LogP contribution in [0.1, 0.15) is 26.7 Å². The number of carbonyl (C=O) groups is 3. The first-order valence-corrected chi connectivity index (χ1v) is 5.63. The van der Waals surface area contributed by atoms with E-state index in [4.69, 9.17) is 0 Å². The molecule has 0 unspecified atom stereocenters. The molecule has 0 radical (unpaired) electrons. The molecule has 0 fully saturated rings. The van der Waals surface area contributed by atoms with Gasteiger partial charge in [-0.25, -0.2) is 0 Å². The summed E-state index contributed by atoms with van der Waals surface area (Å²) in [7, 11) is 3.23. The first kappa shape index (κ1) is 15.4. The van der Waals surface area contributed by atoms with Crippen LogP contribution in [0.25, 0.3) is 0 Å². The molecule has 0 aromatic rings. The minimum atomic E-state index is -0.563. The third-order valence-corrected chi connectivity index (χ3v) is 2.18. The Balaban J connectivity index is 4.23. The van der Waals surface area contributed by atoms with Crippen LogP contribution in [0.15, 0.2) is 0 Å². The second-order valence-electron chi connectivity index (χ2n) is 4.05. The van der Waals surface area contributed by atoms with Gasteiger partial charge in [-0.2, -0.15) is 0 Å². The fraction of sp³-hybridized carbons (Fsp3) is 0.727. The summed E-state index contributed by atoms with van der Waals surface area (Å²) in [6.45, 7) is 3.24. The molecule has 0 aliphatic heterocycles. The van der Waals surface area contributed by atoms with Crippen LogP contribution in [0.4, 0.5) is 0 Å². The van der Waals surface area contributed by atoms with E-state index >= 15 is 0 Å². The lowest BCUT2D eigenvalue weighted by atomic mass is 10.1. The van der Waals surface area contributed by atoms with E-state index in [1.54, 1.807) is 14.1 Å². The minimum absolute atomic E-state index is 0.0500. The van der Waals surface area contributed by atoms with Gasteiger partial charge in [0.1, 0.15) is 6.04 Å². The Morgan fingerprint density at radius 3 is 2.24 bits per heavy atom. The summed E-state index contributed by atoms with van der Waals surface area (Å²) in [4.78, 5) is 35.3. The van der Waals surface area contributed by atoms with Gasteiger partial charge in [-0.15, -0.1) is 0 Å². The highest BCUT2D eigenvalue weighted by Crippen LogP contribution is 1.96. The van der Waals surface area contributed by atoms with Crippen molar-refractivity contribution in [1.82, 2.24) is 15.5 Å². The van der Waals surface area contributed by atoms with Gasteiger partial charge < -0.3 is 15.5 Å². The van der Waals surface area contributed by atoms with Gasteiger partial charge in [0.2, 0.25) is 17.7 Å². The van der Waals surface area contributed by atoms with Crippen LogP contribution in [-0.4, -0.2) is 49.3 Å². The van der Waals surface area contributed by atoms with Gasteiger partial charge in [0, 0.05) is 21.0 Å².